The Balaban J connectivity index is 1.59. The van der Waals surface area contributed by atoms with Gasteiger partial charge in [0, 0.05) is 27.0 Å². The minimum Gasteiger partial charge on any atom is -0.449 e. The number of imide groups is 1. The lowest BCUT2D eigenvalue weighted by Crippen LogP contribution is -2.60. The third-order valence-electron chi connectivity index (χ3n) is 10.7. The quantitative estimate of drug-likeness (QED) is 0.0319. The number of ether oxygens (including phenoxy) is 6. The average Bonchev–Trinajstić information content (AvgIpc) is 3.65. The molecule has 0 aromatic heterocycles. The molecule has 1 heterocycles. The van der Waals surface area contributed by atoms with Crippen LogP contribution in [0.2, 0.25) is 25.7 Å². The molecule has 0 unspecified atom stereocenters. The fraction of sp³-hybridized carbons (Fsp3) is 0.400. The van der Waals surface area contributed by atoms with Crippen LogP contribution in [0, 0.1) is 5.92 Å². The number of hydrogen-bond donors (Lipinski definition) is 2. The van der Waals surface area contributed by atoms with Crippen molar-refractivity contribution in [2.24, 2.45) is 5.92 Å². The Morgan fingerprint density at radius 1 is 0.769 bits per heavy atom. The number of nitrogens with one attached hydrogen (secondary N) is 1. The van der Waals surface area contributed by atoms with Gasteiger partial charge in [-0.15, -0.1) is 0 Å². The van der Waals surface area contributed by atoms with E-state index in [1.807, 2.05) is 128 Å². The Labute approximate surface area is 383 Å². The molecule has 14 nitrogen and oxygen atoms in total. The first-order valence-corrected chi connectivity index (χ1v) is 25.7. The van der Waals surface area contributed by atoms with Crippen LogP contribution in [0.3, 0.4) is 0 Å². The van der Waals surface area contributed by atoms with Gasteiger partial charge >= 0.3 is 18.3 Å². The van der Waals surface area contributed by atoms with Crippen LogP contribution < -0.4 is 5.32 Å². The van der Waals surface area contributed by atoms with E-state index in [9.17, 15) is 19.5 Å². The number of rotatable bonds is 23. The average molecular weight is 910 g/mol. The van der Waals surface area contributed by atoms with Crippen molar-refractivity contribution < 1.29 is 52.7 Å². The molecule has 1 aliphatic heterocycles. The van der Waals surface area contributed by atoms with Crippen LogP contribution in [0.1, 0.15) is 35.6 Å². The van der Waals surface area contributed by atoms with Crippen LogP contribution in [-0.2, 0) is 59.6 Å². The number of benzene rings is 4. The van der Waals surface area contributed by atoms with Gasteiger partial charge in [0.1, 0.15) is 25.4 Å². The summed E-state index contributed by atoms with van der Waals surface area (Å²) in [7, 11) is -1.76. The fourth-order valence-electron chi connectivity index (χ4n) is 7.23. The largest absolute Gasteiger partial charge is 0.449 e. The predicted molar refractivity (Wildman–Crippen MR) is 248 cm³/mol. The second kappa shape index (κ2) is 25.6. The maximum Gasteiger partial charge on any atom is 0.418 e. The van der Waals surface area contributed by atoms with Gasteiger partial charge in [-0.1, -0.05) is 161 Å². The summed E-state index contributed by atoms with van der Waals surface area (Å²) in [5.74, 6) is -1.25. The minimum atomic E-state index is -1.76. The first-order chi connectivity index (χ1) is 31.4. The van der Waals surface area contributed by atoms with Crippen molar-refractivity contribution in [3.8, 4) is 0 Å². The fourth-order valence-corrected chi connectivity index (χ4v) is 7.94. The monoisotopic (exact) mass is 909 g/mol. The number of nitrogens with zero attached hydrogens (tertiary/aromatic N) is 2. The van der Waals surface area contributed by atoms with Crippen LogP contribution in [0.15, 0.2) is 134 Å². The molecule has 0 spiro atoms. The highest BCUT2D eigenvalue weighted by atomic mass is 28.3. The smallest absolute Gasteiger partial charge is 0.418 e. The molecule has 5 rings (SSSR count). The van der Waals surface area contributed by atoms with Crippen LogP contribution >= 0.6 is 0 Å². The zero-order chi connectivity index (χ0) is 46.6. The molecular weight excluding hydrogens is 847 g/mol. The van der Waals surface area contributed by atoms with Gasteiger partial charge in [0.25, 0.3) is 5.91 Å². The van der Waals surface area contributed by atoms with Gasteiger partial charge in [-0.3, -0.25) is 9.69 Å². The summed E-state index contributed by atoms with van der Waals surface area (Å²) in [6, 6.07) is 35.2. The van der Waals surface area contributed by atoms with E-state index in [4.69, 9.17) is 28.4 Å². The number of carbonyl (C=O) groups is 4. The zero-order valence-corrected chi connectivity index (χ0v) is 38.8. The number of aliphatic hydroxyl groups is 1. The summed E-state index contributed by atoms with van der Waals surface area (Å²) >= 11 is 0. The number of likely N-dealkylation sites (tertiary alicyclic amines) is 1. The van der Waals surface area contributed by atoms with Crippen LogP contribution in [0.25, 0.3) is 0 Å². The highest BCUT2D eigenvalue weighted by Crippen LogP contribution is 2.32. The molecule has 15 heteroatoms. The van der Waals surface area contributed by atoms with E-state index >= 15 is 4.79 Å². The third-order valence-corrected chi connectivity index (χ3v) is 12.4. The Morgan fingerprint density at radius 3 is 1.82 bits per heavy atom. The van der Waals surface area contributed by atoms with Crippen molar-refractivity contribution in [3.05, 3.63) is 156 Å². The lowest BCUT2D eigenvalue weighted by molar-refractivity contribution is -0.175. The molecule has 348 valence electrons. The number of hydrogen-bond acceptors (Lipinski definition) is 11. The van der Waals surface area contributed by atoms with E-state index in [0.717, 1.165) is 21.6 Å². The van der Waals surface area contributed by atoms with Gasteiger partial charge in [-0.25, -0.2) is 19.3 Å². The molecule has 1 fully saturated rings. The topological polar surface area (TPSA) is 162 Å². The normalized spacial score (nSPS) is 17.3. The number of amides is 4. The molecule has 0 saturated carbocycles. The molecule has 0 aliphatic carbocycles. The maximum absolute atomic E-state index is 15.7. The summed E-state index contributed by atoms with van der Waals surface area (Å²) in [5.41, 5.74) is 3.08. The zero-order valence-electron chi connectivity index (χ0n) is 37.8. The molecule has 4 amide bonds. The third kappa shape index (κ3) is 16.0. The first-order valence-electron chi connectivity index (χ1n) is 22.0. The molecule has 1 saturated heterocycles. The Hall–Kier alpha value is -5.84. The molecule has 0 radical (unpaired) electrons. The van der Waals surface area contributed by atoms with E-state index in [2.05, 4.69) is 31.5 Å². The molecule has 4 aromatic rings. The Morgan fingerprint density at radius 2 is 1.29 bits per heavy atom. The number of alkyl carbamates (subject to hydrolysis) is 1. The van der Waals surface area contributed by atoms with Gasteiger partial charge in [0.05, 0.1) is 45.2 Å². The summed E-state index contributed by atoms with van der Waals surface area (Å²) < 4.78 is 36.8. The van der Waals surface area contributed by atoms with E-state index in [0.29, 0.717) is 11.6 Å². The number of aliphatic hydroxyl groups excluding tert-OH is 1. The first kappa shape index (κ1) is 50.2. The van der Waals surface area contributed by atoms with Crippen LogP contribution in [-0.4, -0.2) is 104 Å². The summed E-state index contributed by atoms with van der Waals surface area (Å²) in [6.45, 7) is 11.3. The van der Waals surface area contributed by atoms with Gasteiger partial charge in [-0.05, 0) is 28.3 Å². The second-order valence-corrected chi connectivity index (χ2v) is 22.8. The second-order valence-electron chi connectivity index (χ2n) is 17.2. The van der Waals surface area contributed by atoms with Gasteiger partial charge in [0.15, 0.2) is 6.23 Å². The SMILES string of the molecule is C=CCOC(=O)N1C[C@H](C)[C@H](OCc2ccccc2)[C@H]1C(=O)N(C(=O)OCC[Si](C)(C)C)[C@H](OCc1ccccc1)[C@@H](C[C@@H](CO)NC(=O)OCc1ccccc1)OCc1ccccc1. The Bertz CT molecular complexity index is 2080. The van der Waals surface area contributed by atoms with Crippen molar-refractivity contribution in [2.45, 2.75) is 96.0 Å². The predicted octanol–water partition coefficient (Wildman–Crippen LogP) is 8.32. The molecule has 2 N–H and O–H groups in total. The van der Waals surface area contributed by atoms with Gasteiger partial charge in [-0.2, -0.15) is 0 Å². The molecule has 6 atom stereocenters. The summed E-state index contributed by atoms with van der Waals surface area (Å²) in [5, 5.41) is 13.5. The lowest BCUT2D eigenvalue weighted by atomic mass is 10.0. The number of carbonyl (C=O) groups excluding carboxylic acids is 4. The van der Waals surface area contributed by atoms with E-state index in [1.165, 1.54) is 11.0 Å². The van der Waals surface area contributed by atoms with Crippen LogP contribution in [0.5, 0.6) is 0 Å². The lowest BCUT2D eigenvalue weighted by Gasteiger charge is -2.39. The van der Waals surface area contributed by atoms with Gasteiger partial charge in [0.2, 0.25) is 0 Å². The van der Waals surface area contributed by atoms with Gasteiger partial charge < -0.3 is 38.8 Å². The minimum absolute atomic E-state index is 0.00739. The molecule has 4 aromatic carbocycles. The molecule has 0 bridgehead atoms. The van der Waals surface area contributed by atoms with Crippen LogP contribution in [0.4, 0.5) is 14.4 Å². The van der Waals surface area contributed by atoms with Crippen molar-refractivity contribution in [3.63, 3.8) is 0 Å². The molecule has 65 heavy (non-hydrogen) atoms. The summed E-state index contributed by atoms with van der Waals surface area (Å²) in [4.78, 5) is 59.8. The highest BCUT2D eigenvalue weighted by Gasteiger charge is 2.53. The highest BCUT2D eigenvalue weighted by molar-refractivity contribution is 6.76. The standard InChI is InChI=1S/C50H63N3O11Si/c1-6-27-59-49(57)52-31-37(2)45(62-34-39-21-13-8-14-22-39)44(52)46(55)53(50(58)60-28-29-65(3,4)5)47(63-35-40-23-15-9-16-24-40)43(61-33-38-19-11-7-12-20-38)30-42(32-54)51-48(56)64-36-41-25-17-10-18-26-41/h6-26,37,42-45,47,54H,1,27-36H2,2-5H3,(H,51,56)/t37-,42-,43+,44-,45-,47+/m0/s1. The Kier molecular flexibility index (Phi) is 19.8. The van der Waals surface area contributed by atoms with Crippen molar-refractivity contribution >= 4 is 32.3 Å². The summed E-state index contributed by atoms with van der Waals surface area (Å²) in [6.07, 6.45) is -5.08. The molecule has 1 aliphatic rings. The van der Waals surface area contributed by atoms with E-state index < -0.39 is 75.3 Å². The van der Waals surface area contributed by atoms with Crippen molar-refractivity contribution in [1.82, 2.24) is 15.1 Å². The van der Waals surface area contributed by atoms with E-state index in [-0.39, 0.29) is 52.6 Å². The molecular formula is C50H63N3O11Si. The maximum atomic E-state index is 15.7. The van der Waals surface area contributed by atoms with Crippen molar-refractivity contribution in [1.29, 1.82) is 0 Å². The van der Waals surface area contributed by atoms with E-state index in [1.54, 1.807) is 0 Å². The van der Waals surface area contributed by atoms with Crippen molar-refractivity contribution in [2.75, 3.05) is 26.4 Å².